The summed E-state index contributed by atoms with van der Waals surface area (Å²) in [6.45, 7) is 20.1. The zero-order valence-corrected chi connectivity index (χ0v) is 21.3. The summed E-state index contributed by atoms with van der Waals surface area (Å²) in [5, 5.41) is 0. The van der Waals surface area contributed by atoms with Crippen molar-refractivity contribution in [3.05, 3.63) is 35.4 Å². The van der Waals surface area contributed by atoms with E-state index >= 15 is 0 Å². The number of fused-ring (bicyclic) bond motifs is 2. The molecule has 3 nitrogen and oxygen atoms in total. The third-order valence-corrected chi connectivity index (χ3v) is 7.50. The van der Waals surface area contributed by atoms with E-state index in [1.807, 2.05) is 0 Å². The Labute approximate surface area is 191 Å². The van der Waals surface area contributed by atoms with Crippen LogP contribution in [0.3, 0.4) is 0 Å². The highest BCUT2D eigenvalue weighted by Crippen LogP contribution is 2.49. The van der Waals surface area contributed by atoms with Crippen molar-refractivity contribution >= 4 is 5.91 Å². The second-order valence-electron chi connectivity index (χ2n) is 12.5. The van der Waals surface area contributed by atoms with E-state index in [0.717, 1.165) is 13.0 Å². The molecule has 1 heterocycles. The average molecular weight is 427 g/mol. The normalized spacial score (nSPS) is 21.7. The first kappa shape index (κ1) is 24.3. The van der Waals surface area contributed by atoms with Crippen LogP contribution in [0, 0.1) is 10.8 Å². The Bertz CT molecular complexity index is 747. The SMILES string of the molecule is CCN(C(=O)CC(C)(C)C)[C@H]1CCC2(CCN(CCC(C)(C)C)CC2)c2ccccc21. The van der Waals surface area contributed by atoms with E-state index < -0.39 is 0 Å². The van der Waals surface area contributed by atoms with Crippen LogP contribution in [-0.4, -0.2) is 41.9 Å². The van der Waals surface area contributed by atoms with Gasteiger partial charge in [-0.05, 0) is 86.0 Å². The lowest BCUT2D eigenvalue weighted by Gasteiger charge is -2.49. The molecule has 1 aliphatic heterocycles. The number of nitrogens with zero attached hydrogens (tertiary/aromatic N) is 2. The lowest BCUT2D eigenvalue weighted by atomic mass is 9.63. The van der Waals surface area contributed by atoms with Gasteiger partial charge in [0, 0.05) is 13.0 Å². The van der Waals surface area contributed by atoms with Crippen molar-refractivity contribution in [3.8, 4) is 0 Å². The van der Waals surface area contributed by atoms with Gasteiger partial charge < -0.3 is 9.80 Å². The van der Waals surface area contributed by atoms with Crippen LogP contribution in [0.5, 0.6) is 0 Å². The summed E-state index contributed by atoms with van der Waals surface area (Å²) in [6, 6.07) is 9.29. The minimum absolute atomic E-state index is 0.0276. The van der Waals surface area contributed by atoms with Crippen molar-refractivity contribution < 1.29 is 4.79 Å². The zero-order valence-electron chi connectivity index (χ0n) is 21.3. The zero-order chi connectivity index (χ0) is 22.9. The van der Waals surface area contributed by atoms with Gasteiger partial charge in [0.2, 0.25) is 5.91 Å². The fraction of sp³-hybridized carbons (Fsp3) is 0.750. The van der Waals surface area contributed by atoms with Crippen molar-refractivity contribution in [2.75, 3.05) is 26.2 Å². The standard InChI is InChI=1S/C28H46N2O/c1-8-30(25(31)21-27(5,6)7)24-13-14-28(23-12-10-9-11-22(23)24)16-19-29(20-17-28)18-15-26(2,3)4/h9-12,24H,8,13-21H2,1-7H3/t24-/m0/s1. The predicted octanol–water partition coefficient (Wildman–Crippen LogP) is 6.58. The fourth-order valence-electron chi connectivity index (χ4n) is 5.64. The summed E-state index contributed by atoms with van der Waals surface area (Å²) in [5.74, 6) is 0.308. The van der Waals surface area contributed by atoms with Crippen LogP contribution in [0.25, 0.3) is 0 Å². The Morgan fingerprint density at radius 1 is 1.03 bits per heavy atom. The molecule has 174 valence electrons. The largest absolute Gasteiger partial charge is 0.336 e. The molecule has 0 aromatic heterocycles. The third kappa shape index (κ3) is 5.92. The molecule has 0 N–H and O–H groups in total. The molecule has 2 aliphatic rings. The van der Waals surface area contributed by atoms with Gasteiger partial charge in [-0.25, -0.2) is 0 Å². The van der Waals surface area contributed by atoms with Crippen LogP contribution in [0.4, 0.5) is 0 Å². The number of carbonyl (C=O) groups is 1. The minimum atomic E-state index is 0.0276. The van der Waals surface area contributed by atoms with E-state index in [4.69, 9.17) is 0 Å². The number of piperidine rings is 1. The molecule has 1 atom stereocenters. The first-order valence-electron chi connectivity index (χ1n) is 12.6. The van der Waals surface area contributed by atoms with Crippen molar-refractivity contribution in [2.45, 2.75) is 98.4 Å². The maximum atomic E-state index is 13.2. The van der Waals surface area contributed by atoms with Crippen LogP contribution in [0.15, 0.2) is 24.3 Å². The molecule has 0 bridgehead atoms. The lowest BCUT2D eigenvalue weighted by molar-refractivity contribution is -0.136. The Kier molecular flexibility index (Phi) is 7.25. The molecular formula is C28H46N2O. The van der Waals surface area contributed by atoms with Crippen molar-refractivity contribution in [3.63, 3.8) is 0 Å². The molecule has 1 spiro atoms. The quantitative estimate of drug-likeness (QED) is 0.531. The molecule has 1 aromatic rings. The van der Waals surface area contributed by atoms with E-state index in [-0.39, 0.29) is 11.5 Å². The summed E-state index contributed by atoms with van der Waals surface area (Å²) in [5.41, 5.74) is 3.69. The van der Waals surface area contributed by atoms with Crippen molar-refractivity contribution in [1.29, 1.82) is 0 Å². The summed E-state index contributed by atoms with van der Waals surface area (Å²) in [4.78, 5) is 18.0. The van der Waals surface area contributed by atoms with Gasteiger partial charge in [-0.15, -0.1) is 0 Å². The average Bonchev–Trinajstić information content (AvgIpc) is 2.68. The van der Waals surface area contributed by atoms with Crippen LogP contribution >= 0.6 is 0 Å². The highest BCUT2D eigenvalue weighted by Gasteiger charge is 2.43. The number of rotatable bonds is 5. The van der Waals surface area contributed by atoms with E-state index in [2.05, 4.69) is 82.5 Å². The molecule has 1 amide bonds. The van der Waals surface area contributed by atoms with Crippen LogP contribution < -0.4 is 0 Å². The molecule has 31 heavy (non-hydrogen) atoms. The molecule has 1 aliphatic carbocycles. The number of carbonyl (C=O) groups excluding carboxylic acids is 1. The van der Waals surface area contributed by atoms with E-state index in [1.165, 1.54) is 56.4 Å². The number of amides is 1. The maximum absolute atomic E-state index is 13.2. The molecule has 1 saturated heterocycles. The molecule has 0 saturated carbocycles. The van der Waals surface area contributed by atoms with Crippen molar-refractivity contribution in [1.82, 2.24) is 9.80 Å². The van der Waals surface area contributed by atoms with Crippen molar-refractivity contribution in [2.24, 2.45) is 10.8 Å². The molecular weight excluding hydrogens is 380 g/mol. The Morgan fingerprint density at radius 2 is 1.68 bits per heavy atom. The third-order valence-electron chi connectivity index (χ3n) is 7.50. The van der Waals surface area contributed by atoms with Gasteiger partial charge >= 0.3 is 0 Å². The first-order chi connectivity index (χ1) is 14.4. The Morgan fingerprint density at radius 3 is 2.26 bits per heavy atom. The maximum Gasteiger partial charge on any atom is 0.223 e. The van der Waals surface area contributed by atoms with Gasteiger partial charge in [-0.3, -0.25) is 4.79 Å². The lowest BCUT2D eigenvalue weighted by Crippen LogP contribution is -2.47. The topological polar surface area (TPSA) is 23.6 Å². The van der Waals surface area contributed by atoms with Gasteiger partial charge in [-0.2, -0.15) is 0 Å². The van der Waals surface area contributed by atoms with Gasteiger partial charge in [-0.1, -0.05) is 65.8 Å². The number of benzene rings is 1. The highest BCUT2D eigenvalue weighted by atomic mass is 16.2. The molecule has 1 aromatic carbocycles. The predicted molar refractivity (Wildman–Crippen MR) is 131 cm³/mol. The molecule has 1 fully saturated rings. The number of hydrogen-bond acceptors (Lipinski definition) is 2. The smallest absolute Gasteiger partial charge is 0.223 e. The monoisotopic (exact) mass is 426 g/mol. The number of likely N-dealkylation sites (tertiary alicyclic amines) is 1. The Balaban J connectivity index is 1.77. The van der Waals surface area contributed by atoms with Gasteiger partial charge in [0.05, 0.1) is 6.04 Å². The molecule has 3 rings (SSSR count). The minimum Gasteiger partial charge on any atom is -0.336 e. The number of hydrogen-bond donors (Lipinski definition) is 0. The second kappa shape index (κ2) is 9.25. The Hall–Kier alpha value is -1.35. The van der Waals surface area contributed by atoms with Gasteiger partial charge in [0.25, 0.3) is 0 Å². The van der Waals surface area contributed by atoms with Gasteiger partial charge in [0.15, 0.2) is 0 Å². The fourth-order valence-corrected chi connectivity index (χ4v) is 5.64. The first-order valence-corrected chi connectivity index (χ1v) is 12.6. The van der Waals surface area contributed by atoms with Crippen LogP contribution in [0.1, 0.15) is 104 Å². The molecule has 3 heteroatoms. The van der Waals surface area contributed by atoms with Gasteiger partial charge in [0.1, 0.15) is 0 Å². The second-order valence-corrected chi connectivity index (χ2v) is 12.5. The van der Waals surface area contributed by atoms with Crippen LogP contribution in [-0.2, 0) is 10.2 Å². The molecule has 0 unspecified atom stereocenters. The summed E-state index contributed by atoms with van der Waals surface area (Å²) in [7, 11) is 0. The van der Waals surface area contributed by atoms with E-state index in [0.29, 0.717) is 23.2 Å². The summed E-state index contributed by atoms with van der Waals surface area (Å²) in [6.07, 6.45) is 6.70. The van der Waals surface area contributed by atoms with E-state index in [1.54, 1.807) is 0 Å². The highest BCUT2D eigenvalue weighted by molar-refractivity contribution is 5.77. The summed E-state index contributed by atoms with van der Waals surface area (Å²) >= 11 is 0. The van der Waals surface area contributed by atoms with Crippen LogP contribution in [0.2, 0.25) is 0 Å². The summed E-state index contributed by atoms with van der Waals surface area (Å²) < 4.78 is 0. The molecule has 0 radical (unpaired) electrons. The van der Waals surface area contributed by atoms with E-state index in [9.17, 15) is 4.79 Å².